The number of rotatable bonds is 10. The molecule has 0 aliphatic carbocycles. The summed E-state index contributed by atoms with van der Waals surface area (Å²) < 4.78 is 11.8. The second-order valence-corrected chi connectivity index (χ2v) is 14.8. The summed E-state index contributed by atoms with van der Waals surface area (Å²) in [6, 6.07) is 29.2. The number of hydrogen-bond acceptors (Lipinski definition) is 1. The van der Waals surface area contributed by atoms with Crippen LogP contribution in [0.15, 0.2) is 91.5 Å². The zero-order valence-corrected chi connectivity index (χ0v) is 28.3. The first-order chi connectivity index (χ1) is 21.6. The number of fused-ring (bicyclic) bond motifs is 8. The van der Waals surface area contributed by atoms with Gasteiger partial charge in [0.05, 0.1) is 12.0 Å². The second kappa shape index (κ2) is 10.7. The van der Waals surface area contributed by atoms with E-state index in [0.717, 1.165) is 13.0 Å². The Morgan fingerprint density at radius 3 is 2.27 bits per heavy atom. The van der Waals surface area contributed by atoms with Gasteiger partial charge in [0, 0.05) is 22.8 Å². The molecule has 3 unspecified atom stereocenters. The average molecular weight is 598 g/mol. The topological polar surface area (TPSA) is 17.5 Å². The predicted octanol–water partition coefficient (Wildman–Crippen LogP) is 10.5. The quantitative estimate of drug-likeness (QED) is 0.0505. The molecule has 6 aromatic rings. The van der Waals surface area contributed by atoms with Crippen molar-refractivity contribution >= 4 is 49.1 Å². The number of nitrogens with zero attached hydrogens (tertiary/aromatic N) is 2. The lowest BCUT2D eigenvalue weighted by atomic mass is 9.61. The summed E-state index contributed by atoms with van der Waals surface area (Å²) in [7, 11) is 0. The zero-order chi connectivity index (χ0) is 31.7. The van der Waals surface area contributed by atoms with Gasteiger partial charge in [-0.05, 0) is 77.3 Å². The van der Waals surface area contributed by atoms with Crippen molar-refractivity contribution in [3.63, 3.8) is 0 Å². The van der Waals surface area contributed by atoms with E-state index >= 15 is 0 Å². The molecule has 3 heteroatoms. The number of ether oxygens (including phenoxy) is 1. The van der Waals surface area contributed by atoms with Gasteiger partial charge in [-0.1, -0.05) is 116 Å². The maximum absolute atomic E-state index is 6.74. The number of imidazole rings is 1. The Balaban J connectivity index is 1.48. The molecular formula is C42H49N2O+. The van der Waals surface area contributed by atoms with Crippen LogP contribution in [-0.2, 0) is 15.7 Å². The van der Waals surface area contributed by atoms with E-state index in [0.29, 0.717) is 18.4 Å². The molecule has 0 fully saturated rings. The van der Waals surface area contributed by atoms with Gasteiger partial charge in [0.1, 0.15) is 11.1 Å². The summed E-state index contributed by atoms with van der Waals surface area (Å²) in [6.45, 7) is 22.8. The van der Waals surface area contributed by atoms with Gasteiger partial charge in [-0.3, -0.25) is 0 Å². The van der Waals surface area contributed by atoms with E-state index in [1.807, 2.05) is 0 Å². The van der Waals surface area contributed by atoms with Crippen LogP contribution in [0.1, 0.15) is 73.3 Å². The first-order valence-corrected chi connectivity index (χ1v) is 17.1. The van der Waals surface area contributed by atoms with E-state index < -0.39 is 5.54 Å². The van der Waals surface area contributed by atoms with Crippen molar-refractivity contribution in [3.8, 4) is 0 Å². The van der Waals surface area contributed by atoms with Crippen LogP contribution in [0, 0.1) is 17.3 Å². The Hall–Kier alpha value is -3.69. The molecule has 7 rings (SSSR count). The summed E-state index contributed by atoms with van der Waals surface area (Å²) in [4.78, 5) is 0. The molecule has 0 amide bonds. The van der Waals surface area contributed by atoms with Crippen LogP contribution in [0.5, 0.6) is 0 Å². The van der Waals surface area contributed by atoms with Crippen LogP contribution in [-0.4, -0.2) is 17.6 Å². The first-order valence-electron chi connectivity index (χ1n) is 17.1. The molecule has 0 saturated carbocycles. The summed E-state index contributed by atoms with van der Waals surface area (Å²) in [5.41, 5.74) is 5.82. The van der Waals surface area contributed by atoms with Crippen LogP contribution in [0.4, 0.5) is 0 Å². The fourth-order valence-corrected chi connectivity index (χ4v) is 9.29. The smallest absolute Gasteiger partial charge is 0.296 e. The molecule has 3 nitrogen and oxygen atoms in total. The molecule has 1 aliphatic heterocycles. The Labute approximate surface area is 268 Å². The molecule has 4 atom stereocenters. The molecule has 0 saturated heterocycles. The highest BCUT2D eigenvalue weighted by Crippen LogP contribution is 2.53. The van der Waals surface area contributed by atoms with Crippen molar-refractivity contribution < 1.29 is 9.30 Å². The van der Waals surface area contributed by atoms with Crippen molar-refractivity contribution in [2.75, 3.05) is 13.2 Å². The minimum absolute atomic E-state index is 0.122. The molecule has 0 spiro atoms. The first kappa shape index (κ1) is 30.0. The average Bonchev–Trinajstić information content (AvgIpc) is 3.41. The van der Waals surface area contributed by atoms with Gasteiger partial charge in [-0.15, -0.1) is 0 Å². The number of allylic oxidation sites excluding steroid dienone is 1. The summed E-state index contributed by atoms with van der Waals surface area (Å²) in [5, 5.41) is 6.59. The number of aromatic nitrogens is 2. The van der Waals surface area contributed by atoms with E-state index in [1.165, 1.54) is 67.5 Å². The minimum atomic E-state index is -0.407. The molecular weight excluding hydrogens is 548 g/mol. The van der Waals surface area contributed by atoms with Crippen LogP contribution in [0.3, 0.4) is 0 Å². The summed E-state index contributed by atoms with van der Waals surface area (Å²) in [6.07, 6.45) is 5.50. The third-order valence-electron chi connectivity index (χ3n) is 12.0. The molecule has 2 aromatic heterocycles. The molecule has 0 bridgehead atoms. The van der Waals surface area contributed by atoms with Crippen LogP contribution >= 0.6 is 0 Å². The Morgan fingerprint density at radius 1 is 0.889 bits per heavy atom. The van der Waals surface area contributed by atoms with E-state index in [9.17, 15) is 0 Å². The van der Waals surface area contributed by atoms with Crippen LogP contribution < -0.4 is 4.57 Å². The second-order valence-electron chi connectivity index (χ2n) is 14.8. The molecule has 0 radical (unpaired) electrons. The van der Waals surface area contributed by atoms with Crippen molar-refractivity contribution in [3.05, 3.63) is 97.1 Å². The Morgan fingerprint density at radius 2 is 1.56 bits per heavy atom. The maximum atomic E-state index is 6.74. The number of para-hydroxylation sites is 3. The van der Waals surface area contributed by atoms with E-state index in [4.69, 9.17) is 4.74 Å². The van der Waals surface area contributed by atoms with E-state index in [-0.39, 0.29) is 10.8 Å². The minimum Gasteiger partial charge on any atom is -0.381 e. The number of benzene rings is 4. The fraction of sp³-hybridized carbons (Fsp3) is 0.405. The lowest BCUT2D eigenvalue weighted by Gasteiger charge is -2.46. The van der Waals surface area contributed by atoms with Crippen molar-refractivity contribution in [1.82, 2.24) is 4.40 Å². The van der Waals surface area contributed by atoms with Gasteiger partial charge in [-0.25, -0.2) is 4.57 Å². The van der Waals surface area contributed by atoms with Gasteiger partial charge in [0.25, 0.3) is 5.65 Å². The summed E-state index contributed by atoms with van der Waals surface area (Å²) >= 11 is 0. The van der Waals surface area contributed by atoms with Gasteiger partial charge in [0.15, 0.2) is 11.0 Å². The van der Waals surface area contributed by atoms with Gasteiger partial charge in [-0.2, -0.15) is 4.40 Å². The molecule has 1 aliphatic rings. The fourth-order valence-electron chi connectivity index (χ4n) is 9.29. The molecule has 0 N–H and O–H groups in total. The Bertz CT molecular complexity index is 2100. The monoisotopic (exact) mass is 597 g/mol. The molecule has 232 valence electrons. The zero-order valence-electron chi connectivity index (χ0n) is 28.3. The van der Waals surface area contributed by atoms with Crippen LogP contribution in [0.2, 0.25) is 0 Å². The third-order valence-corrected chi connectivity index (χ3v) is 12.0. The molecule has 4 aromatic carbocycles. The maximum Gasteiger partial charge on any atom is 0.296 e. The normalized spacial score (nSPS) is 21.4. The van der Waals surface area contributed by atoms with Crippen molar-refractivity contribution in [1.29, 1.82) is 0 Å². The highest BCUT2D eigenvalue weighted by Gasteiger charge is 2.56. The van der Waals surface area contributed by atoms with E-state index in [2.05, 4.69) is 149 Å². The highest BCUT2D eigenvalue weighted by atomic mass is 16.5. The predicted molar refractivity (Wildman–Crippen MR) is 191 cm³/mol. The van der Waals surface area contributed by atoms with Gasteiger partial charge >= 0.3 is 0 Å². The van der Waals surface area contributed by atoms with E-state index in [1.54, 1.807) is 0 Å². The lowest BCUT2D eigenvalue weighted by molar-refractivity contribution is -0.714. The number of hydrogen-bond donors (Lipinski definition) is 0. The van der Waals surface area contributed by atoms with Gasteiger partial charge < -0.3 is 4.74 Å². The SMILES string of the molecule is C=CC1(C)[n+]2c3ccccc3n3c4ccccc4c4cc5ccccc5c(c4c32)C1(C)CCOCC(C)(C)[C@H](CC)C(C)CC. The van der Waals surface area contributed by atoms with Crippen molar-refractivity contribution in [2.24, 2.45) is 17.3 Å². The number of pyridine rings is 1. The molecule has 3 heterocycles. The molecule has 45 heavy (non-hydrogen) atoms. The highest BCUT2D eigenvalue weighted by molar-refractivity contribution is 6.19. The Kier molecular flexibility index (Phi) is 7.13. The standard InChI is InChI=1S/C42H49N2O/c1-9-28(4)33(10-2)40(5,6)27-45-25-24-41(7)38-30-19-13-12-18-29(30)26-32-31-20-14-15-21-34(31)43-35-22-16-17-23-36(35)44(39(43)37(32)38)42(41,8)11-3/h11-23,26,28,33H,3,9-10,24-25,27H2,1-2,4-8H3/q+1/t28?,33-,41?,42?/m1/s1. The van der Waals surface area contributed by atoms with Crippen LogP contribution in [0.25, 0.3) is 49.1 Å². The largest absolute Gasteiger partial charge is 0.381 e. The van der Waals surface area contributed by atoms with Gasteiger partial charge in [0.2, 0.25) is 0 Å². The summed E-state index contributed by atoms with van der Waals surface area (Å²) in [5.74, 6) is 1.33. The third kappa shape index (κ3) is 4.09. The van der Waals surface area contributed by atoms with Crippen molar-refractivity contribution in [2.45, 2.75) is 78.7 Å². The lowest BCUT2D eigenvalue weighted by Crippen LogP contribution is -2.65.